The van der Waals surface area contributed by atoms with Gasteiger partial charge in [0.15, 0.2) is 0 Å². The van der Waals surface area contributed by atoms with Crippen LogP contribution in [0.15, 0.2) is 87.0 Å². The summed E-state index contributed by atoms with van der Waals surface area (Å²) in [6.07, 6.45) is 2.27. The maximum absolute atomic E-state index is 3.00. The van der Waals surface area contributed by atoms with Gasteiger partial charge in [-0.25, -0.2) is 0 Å². The molecule has 4 aromatic carbocycles. The molecule has 0 N–H and O–H groups in total. The summed E-state index contributed by atoms with van der Waals surface area (Å²) in [6.45, 7) is 20.7. The normalized spacial score (nSPS) is 8.65. The summed E-state index contributed by atoms with van der Waals surface area (Å²) in [6, 6.07) is 22.1. The molecule has 0 amide bonds. The Morgan fingerprint density at radius 3 is 1.23 bits per heavy atom. The third-order valence-electron chi connectivity index (χ3n) is 4.87. The Kier molecular flexibility index (Phi) is 19.0. The van der Waals surface area contributed by atoms with E-state index in [9.17, 15) is 0 Å². The largest absolute Gasteiger partial charge is 4.00 e. The van der Waals surface area contributed by atoms with Crippen LogP contribution < -0.4 is 9.41 Å². The minimum absolute atomic E-state index is 0. The molecule has 0 saturated heterocycles. The summed E-state index contributed by atoms with van der Waals surface area (Å²) in [5.74, 6) is 0. The zero-order valence-corrected chi connectivity index (χ0v) is 21.7. The zero-order chi connectivity index (χ0) is 21.1. The number of hydrogen-bond acceptors (Lipinski definition) is 0. The van der Waals surface area contributed by atoms with Crippen molar-refractivity contribution in [3.8, 4) is 0 Å². The van der Waals surface area contributed by atoms with E-state index in [-0.39, 0.29) is 35.6 Å². The SMILES string of the molecule is C=C.C=C.CCc1cc2c(C)cccc2[cH-]1.CCc1cc2c(C)cccc2[cH-]1.[F-].[F-].[Zr+4]. The van der Waals surface area contributed by atoms with Gasteiger partial charge in [-0.1, -0.05) is 37.1 Å². The Bertz CT molecular complexity index is 913. The van der Waals surface area contributed by atoms with Crippen LogP contribution in [0.2, 0.25) is 0 Å². The summed E-state index contributed by atoms with van der Waals surface area (Å²) in [4.78, 5) is 0. The van der Waals surface area contributed by atoms with Gasteiger partial charge in [-0.05, 0) is 26.7 Å². The molecule has 3 heteroatoms. The second kappa shape index (κ2) is 17.6. The summed E-state index contributed by atoms with van der Waals surface area (Å²) >= 11 is 0. The van der Waals surface area contributed by atoms with Crippen molar-refractivity contribution < 1.29 is 35.6 Å². The van der Waals surface area contributed by atoms with Crippen molar-refractivity contribution >= 4 is 21.5 Å². The van der Waals surface area contributed by atoms with Gasteiger partial charge in [-0.2, -0.15) is 12.1 Å². The topological polar surface area (TPSA) is 0 Å². The second-order valence-corrected chi connectivity index (χ2v) is 6.59. The third-order valence-corrected chi connectivity index (χ3v) is 4.87. The van der Waals surface area contributed by atoms with Gasteiger partial charge in [0.2, 0.25) is 0 Å². The van der Waals surface area contributed by atoms with E-state index in [0.717, 1.165) is 12.8 Å². The van der Waals surface area contributed by atoms with E-state index in [1.54, 1.807) is 0 Å². The number of hydrogen-bond donors (Lipinski definition) is 0. The van der Waals surface area contributed by atoms with E-state index >= 15 is 0 Å². The van der Waals surface area contributed by atoms with Gasteiger partial charge in [0, 0.05) is 0 Å². The molecule has 0 aliphatic carbocycles. The number of fused-ring (bicyclic) bond motifs is 2. The van der Waals surface area contributed by atoms with Crippen molar-refractivity contribution in [2.75, 3.05) is 0 Å². The molecular weight excluding hydrogens is 466 g/mol. The van der Waals surface area contributed by atoms with Crippen LogP contribution in [0, 0.1) is 13.8 Å². The first-order valence-electron chi connectivity index (χ1n) is 9.92. The molecular formula is C28H34F2Zr. The van der Waals surface area contributed by atoms with E-state index in [2.05, 4.69) is 115 Å². The molecule has 0 nitrogen and oxygen atoms in total. The van der Waals surface area contributed by atoms with E-state index in [1.165, 1.54) is 43.8 Å². The molecule has 0 heterocycles. The van der Waals surface area contributed by atoms with Crippen molar-refractivity contribution in [3.63, 3.8) is 0 Å². The molecule has 0 spiro atoms. The van der Waals surface area contributed by atoms with Crippen LogP contribution in [-0.4, -0.2) is 0 Å². The molecule has 31 heavy (non-hydrogen) atoms. The number of halogens is 2. The van der Waals surface area contributed by atoms with Crippen LogP contribution in [0.1, 0.15) is 36.1 Å². The predicted molar refractivity (Wildman–Crippen MR) is 130 cm³/mol. The summed E-state index contributed by atoms with van der Waals surface area (Å²) < 4.78 is 0. The fourth-order valence-electron chi connectivity index (χ4n) is 3.31. The second-order valence-electron chi connectivity index (χ2n) is 6.59. The average Bonchev–Trinajstić information content (AvgIpc) is 3.37. The van der Waals surface area contributed by atoms with Gasteiger partial charge in [0.25, 0.3) is 0 Å². The molecule has 0 fully saturated rings. The van der Waals surface area contributed by atoms with Gasteiger partial charge in [0.05, 0.1) is 0 Å². The molecule has 0 aliphatic rings. The molecule has 0 unspecified atom stereocenters. The van der Waals surface area contributed by atoms with Crippen LogP contribution in [-0.2, 0) is 39.0 Å². The van der Waals surface area contributed by atoms with E-state index in [4.69, 9.17) is 0 Å². The van der Waals surface area contributed by atoms with E-state index < -0.39 is 0 Å². The standard InChI is InChI=1S/2C12H13.2C2H4.2FH.Zr/c2*1-3-10-7-11-6-4-5-9(2)12(11)8-10;2*1-2;;;/h2*4-8H,3H2,1-2H3;2*1-2H2;2*1H;/q2*-1;;;;;+4/p-2. The van der Waals surface area contributed by atoms with E-state index in [0.29, 0.717) is 0 Å². The summed E-state index contributed by atoms with van der Waals surface area (Å²) in [5.41, 5.74) is 5.65. The number of benzene rings is 2. The quantitative estimate of drug-likeness (QED) is 0.294. The Morgan fingerprint density at radius 2 is 0.968 bits per heavy atom. The van der Waals surface area contributed by atoms with Gasteiger partial charge in [0.1, 0.15) is 0 Å². The third kappa shape index (κ3) is 8.87. The van der Waals surface area contributed by atoms with Crippen LogP contribution in [0.25, 0.3) is 21.5 Å². The van der Waals surface area contributed by atoms with Crippen LogP contribution >= 0.6 is 0 Å². The van der Waals surface area contributed by atoms with Gasteiger partial charge in [-0.3, -0.25) is 0 Å². The van der Waals surface area contributed by atoms with Gasteiger partial charge < -0.3 is 9.41 Å². The Balaban J connectivity index is -0.000000402. The fraction of sp³-hybridized carbons (Fsp3) is 0.214. The number of aryl methyl sites for hydroxylation is 4. The Morgan fingerprint density at radius 1 is 0.645 bits per heavy atom. The number of rotatable bonds is 2. The predicted octanol–water partition coefficient (Wildman–Crippen LogP) is 2.47. The maximum atomic E-state index is 3.00. The van der Waals surface area contributed by atoms with Gasteiger partial charge in [-0.15, -0.1) is 95.4 Å². The monoisotopic (exact) mass is 498 g/mol. The van der Waals surface area contributed by atoms with Crippen molar-refractivity contribution in [2.24, 2.45) is 0 Å². The van der Waals surface area contributed by atoms with Crippen LogP contribution in [0.3, 0.4) is 0 Å². The fourth-order valence-corrected chi connectivity index (χ4v) is 3.31. The van der Waals surface area contributed by atoms with Crippen molar-refractivity contribution in [1.29, 1.82) is 0 Å². The first-order valence-corrected chi connectivity index (χ1v) is 9.92. The van der Waals surface area contributed by atoms with Crippen molar-refractivity contribution in [1.82, 2.24) is 0 Å². The molecule has 4 aromatic rings. The molecule has 0 radical (unpaired) electrons. The first kappa shape index (κ1) is 33.5. The molecule has 0 bridgehead atoms. The Labute approximate surface area is 206 Å². The molecule has 4 rings (SSSR count). The minimum Gasteiger partial charge on any atom is -1.00 e. The summed E-state index contributed by atoms with van der Waals surface area (Å²) in [5, 5.41) is 5.59. The average molecular weight is 500 g/mol. The van der Waals surface area contributed by atoms with Gasteiger partial charge >= 0.3 is 26.2 Å². The molecule has 164 valence electrons. The van der Waals surface area contributed by atoms with E-state index in [1.807, 2.05) is 0 Å². The van der Waals surface area contributed by atoms with Crippen LogP contribution in [0.5, 0.6) is 0 Å². The summed E-state index contributed by atoms with van der Waals surface area (Å²) in [7, 11) is 0. The molecule has 0 aliphatic heterocycles. The smallest absolute Gasteiger partial charge is 1.00 e. The zero-order valence-electron chi connectivity index (χ0n) is 19.3. The maximum Gasteiger partial charge on any atom is 4.00 e. The van der Waals surface area contributed by atoms with Crippen molar-refractivity contribution in [2.45, 2.75) is 40.5 Å². The molecule has 0 aromatic heterocycles. The Hall–Kier alpha value is -2.12. The first-order chi connectivity index (χ1) is 13.6. The minimum atomic E-state index is 0. The molecule has 0 atom stereocenters. The molecule has 0 saturated carbocycles. The van der Waals surface area contributed by atoms with Crippen LogP contribution in [0.4, 0.5) is 0 Å². The van der Waals surface area contributed by atoms with Crippen molar-refractivity contribution in [3.05, 3.63) is 109 Å².